The number of aromatic hydroxyl groups is 1. The van der Waals surface area contributed by atoms with E-state index in [2.05, 4.69) is 9.88 Å². The van der Waals surface area contributed by atoms with Crippen molar-refractivity contribution in [3.63, 3.8) is 0 Å². The number of nitrogens with one attached hydrogen (secondary N) is 1. The van der Waals surface area contributed by atoms with Crippen molar-refractivity contribution in [1.29, 1.82) is 0 Å². The van der Waals surface area contributed by atoms with E-state index < -0.39 is 12.1 Å². The van der Waals surface area contributed by atoms with Gasteiger partial charge < -0.3 is 29.0 Å². The molecule has 3 aromatic carbocycles. The van der Waals surface area contributed by atoms with E-state index in [1.54, 1.807) is 24.1 Å². The van der Waals surface area contributed by atoms with E-state index >= 15 is 0 Å². The topological polar surface area (TPSA) is 96.5 Å². The zero-order valence-corrected chi connectivity index (χ0v) is 24.2. The van der Waals surface area contributed by atoms with Gasteiger partial charge in [0.1, 0.15) is 17.5 Å². The van der Waals surface area contributed by atoms with Crippen LogP contribution < -0.4 is 14.2 Å². The normalized spacial score (nSPS) is 17.2. The second kappa shape index (κ2) is 12.5. The lowest BCUT2D eigenvalue weighted by atomic mass is 9.92. The maximum atomic E-state index is 13.6. The van der Waals surface area contributed by atoms with Gasteiger partial charge in [-0.15, -0.1) is 0 Å². The number of rotatable bonds is 8. The maximum Gasteiger partial charge on any atom is 0.416 e. The first-order valence-corrected chi connectivity index (χ1v) is 14.6. The van der Waals surface area contributed by atoms with Gasteiger partial charge in [0, 0.05) is 47.8 Å². The summed E-state index contributed by atoms with van der Waals surface area (Å²) in [5.41, 5.74) is 3.84. The SMILES string of the molecule is COc1ccc(C2c3[nH]c4ccc(Cl)cc4c3CCN2C(=O)Oc2ccc(O)cc2)cc1OCCCN1CCOCC1. The lowest BCUT2D eigenvalue weighted by molar-refractivity contribution is 0.0357. The first-order chi connectivity index (χ1) is 20.5. The van der Waals surface area contributed by atoms with Gasteiger partial charge >= 0.3 is 6.09 Å². The summed E-state index contributed by atoms with van der Waals surface area (Å²) in [5.74, 6) is 1.70. The molecule has 1 fully saturated rings. The fraction of sp³-hybridized carbons (Fsp3) is 0.344. The largest absolute Gasteiger partial charge is 0.508 e. The van der Waals surface area contributed by atoms with Gasteiger partial charge in [0.25, 0.3) is 0 Å². The molecule has 0 saturated carbocycles. The molecule has 2 aliphatic rings. The highest BCUT2D eigenvalue weighted by Crippen LogP contribution is 2.42. The molecule has 1 saturated heterocycles. The number of aromatic amines is 1. The summed E-state index contributed by atoms with van der Waals surface area (Å²) in [6, 6.07) is 17.2. The van der Waals surface area contributed by atoms with Crippen LogP contribution in [0.25, 0.3) is 10.9 Å². The quantitative estimate of drug-likeness (QED) is 0.251. The Hall–Kier alpha value is -3.92. The van der Waals surface area contributed by atoms with E-state index in [1.807, 2.05) is 36.4 Å². The molecule has 220 valence electrons. The smallest absolute Gasteiger partial charge is 0.416 e. The molecule has 1 unspecified atom stereocenters. The van der Waals surface area contributed by atoms with Gasteiger partial charge in [-0.3, -0.25) is 9.80 Å². The minimum Gasteiger partial charge on any atom is -0.508 e. The van der Waals surface area contributed by atoms with Crippen molar-refractivity contribution in [3.8, 4) is 23.0 Å². The maximum absolute atomic E-state index is 13.6. The number of phenols is 1. The Balaban J connectivity index is 1.31. The summed E-state index contributed by atoms with van der Waals surface area (Å²) in [5, 5.41) is 11.3. The third-order valence-electron chi connectivity index (χ3n) is 7.85. The van der Waals surface area contributed by atoms with E-state index in [0.29, 0.717) is 41.8 Å². The number of phenolic OH excluding ortho intramolecular Hbond substituents is 1. The van der Waals surface area contributed by atoms with Gasteiger partial charge in [0.2, 0.25) is 0 Å². The molecule has 4 aromatic rings. The van der Waals surface area contributed by atoms with Crippen LogP contribution in [0.3, 0.4) is 0 Å². The van der Waals surface area contributed by atoms with Gasteiger partial charge in [-0.05, 0) is 78.6 Å². The van der Waals surface area contributed by atoms with E-state index in [0.717, 1.165) is 67.0 Å². The molecule has 2 aliphatic heterocycles. The number of aromatic nitrogens is 1. The molecular formula is C32H34ClN3O6. The Morgan fingerprint density at radius 1 is 1.05 bits per heavy atom. The standard InChI is InChI=1S/C32H34ClN3O6/c1-39-28-10-3-21(19-29(28)41-16-2-12-35-14-17-40-18-15-35)31-30-25(26-20-22(33)4-9-27(26)34-30)11-13-36(31)32(38)42-24-7-5-23(37)6-8-24/h3-10,19-20,31,34,37H,2,11-18H2,1H3. The predicted octanol–water partition coefficient (Wildman–Crippen LogP) is 5.78. The minimum atomic E-state index is -0.489. The summed E-state index contributed by atoms with van der Waals surface area (Å²) in [7, 11) is 1.62. The van der Waals surface area contributed by atoms with Crippen LogP contribution in [0.15, 0.2) is 60.7 Å². The zero-order chi connectivity index (χ0) is 29.1. The number of hydrogen-bond donors (Lipinski definition) is 2. The summed E-state index contributed by atoms with van der Waals surface area (Å²) in [6.45, 7) is 5.33. The van der Waals surface area contributed by atoms with Crippen LogP contribution in [0, 0.1) is 0 Å². The number of hydrogen-bond acceptors (Lipinski definition) is 7. The third-order valence-corrected chi connectivity index (χ3v) is 8.08. The number of ether oxygens (including phenoxy) is 4. The van der Waals surface area contributed by atoms with Gasteiger partial charge in [0.15, 0.2) is 11.5 Å². The van der Waals surface area contributed by atoms with Crippen molar-refractivity contribution in [2.45, 2.75) is 18.9 Å². The van der Waals surface area contributed by atoms with Crippen molar-refractivity contribution in [3.05, 3.63) is 82.5 Å². The van der Waals surface area contributed by atoms with Crippen molar-refractivity contribution in [2.75, 3.05) is 53.1 Å². The summed E-state index contributed by atoms with van der Waals surface area (Å²) in [6.07, 6.45) is 1.02. The Kier molecular flexibility index (Phi) is 8.41. The Labute approximate surface area is 249 Å². The molecule has 0 spiro atoms. The summed E-state index contributed by atoms with van der Waals surface area (Å²) in [4.78, 5) is 21.3. The molecular weight excluding hydrogens is 558 g/mol. The molecule has 42 heavy (non-hydrogen) atoms. The van der Waals surface area contributed by atoms with E-state index in [9.17, 15) is 9.90 Å². The Morgan fingerprint density at radius 3 is 2.64 bits per heavy atom. The molecule has 1 amide bonds. The van der Waals surface area contributed by atoms with Crippen molar-refractivity contribution in [1.82, 2.24) is 14.8 Å². The van der Waals surface area contributed by atoms with Crippen LogP contribution in [0.5, 0.6) is 23.0 Å². The Bertz CT molecular complexity index is 1550. The molecule has 0 aliphatic carbocycles. The average Bonchev–Trinajstić information content (AvgIpc) is 3.38. The number of carbonyl (C=O) groups excluding carboxylic acids is 1. The zero-order valence-electron chi connectivity index (χ0n) is 23.5. The van der Waals surface area contributed by atoms with Crippen LogP contribution in [-0.4, -0.2) is 79.1 Å². The van der Waals surface area contributed by atoms with Crippen LogP contribution in [0.1, 0.15) is 29.3 Å². The van der Waals surface area contributed by atoms with Gasteiger partial charge in [-0.1, -0.05) is 17.7 Å². The first-order valence-electron chi connectivity index (χ1n) is 14.2. The number of nitrogens with zero attached hydrogens (tertiary/aromatic N) is 2. The van der Waals surface area contributed by atoms with E-state index in [-0.39, 0.29) is 5.75 Å². The molecule has 1 atom stereocenters. The van der Waals surface area contributed by atoms with Crippen LogP contribution >= 0.6 is 11.6 Å². The number of morpholine rings is 1. The highest BCUT2D eigenvalue weighted by Gasteiger charge is 2.36. The first kappa shape index (κ1) is 28.2. The van der Waals surface area contributed by atoms with Crippen LogP contribution in [-0.2, 0) is 11.2 Å². The Morgan fingerprint density at radius 2 is 1.86 bits per heavy atom. The fourth-order valence-electron chi connectivity index (χ4n) is 5.75. The van der Waals surface area contributed by atoms with E-state index in [1.165, 1.54) is 12.1 Å². The van der Waals surface area contributed by atoms with E-state index in [4.69, 9.17) is 30.5 Å². The number of H-pyrrole nitrogens is 1. The summed E-state index contributed by atoms with van der Waals surface area (Å²) >= 11 is 6.36. The fourth-order valence-corrected chi connectivity index (χ4v) is 5.92. The lowest BCUT2D eigenvalue weighted by Crippen LogP contribution is -2.42. The van der Waals surface area contributed by atoms with Crippen molar-refractivity contribution < 1.29 is 28.8 Å². The number of carbonyl (C=O) groups is 1. The monoisotopic (exact) mass is 591 g/mol. The predicted molar refractivity (Wildman–Crippen MR) is 160 cm³/mol. The third kappa shape index (κ3) is 5.99. The molecule has 9 nitrogen and oxygen atoms in total. The summed E-state index contributed by atoms with van der Waals surface area (Å²) < 4.78 is 23.1. The molecule has 6 rings (SSSR count). The van der Waals surface area contributed by atoms with Crippen LogP contribution in [0.2, 0.25) is 5.02 Å². The highest BCUT2D eigenvalue weighted by atomic mass is 35.5. The van der Waals surface area contributed by atoms with Gasteiger partial charge in [-0.25, -0.2) is 4.79 Å². The molecule has 3 heterocycles. The number of halogens is 1. The second-order valence-corrected chi connectivity index (χ2v) is 10.9. The molecule has 10 heteroatoms. The molecule has 0 bridgehead atoms. The molecule has 0 radical (unpaired) electrons. The number of fused-ring (bicyclic) bond motifs is 3. The highest BCUT2D eigenvalue weighted by molar-refractivity contribution is 6.31. The van der Waals surface area contributed by atoms with Crippen molar-refractivity contribution in [2.24, 2.45) is 0 Å². The lowest BCUT2D eigenvalue weighted by Gasteiger charge is -2.35. The molecule has 1 aromatic heterocycles. The second-order valence-electron chi connectivity index (χ2n) is 10.5. The number of benzene rings is 3. The van der Waals surface area contributed by atoms with Crippen molar-refractivity contribution >= 4 is 28.6 Å². The van der Waals surface area contributed by atoms with Crippen LogP contribution in [0.4, 0.5) is 4.79 Å². The average molecular weight is 592 g/mol. The molecule has 2 N–H and O–H groups in total. The van der Waals surface area contributed by atoms with Gasteiger partial charge in [-0.2, -0.15) is 0 Å². The number of amides is 1. The van der Waals surface area contributed by atoms with Gasteiger partial charge in [0.05, 0.1) is 26.9 Å². The number of methoxy groups -OCH3 is 1. The minimum absolute atomic E-state index is 0.0998.